The normalized spacial score (nSPS) is 11.0. The molecule has 0 saturated carbocycles. The molecule has 2 aromatic rings. The minimum atomic E-state index is -0.229. The molecule has 3 N–H and O–H groups in total. The number of aromatic nitrogens is 4. The third-order valence-electron chi connectivity index (χ3n) is 2.15. The van der Waals surface area contributed by atoms with Gasteiger partial charge < -0.3 is 10.3 Å². The van der Waals surface area contributed by atoms with Gasteiger partial charge in [0.2, 0.25) is 0 Å². The fraction of sp³-hybridized carbons (Fsp3) is 0.375. The lowest BCUT2D eigenvalue weighted by Gasteiger charge is -2.06. The molecule has 0 aliphatic carbocycles. The summed E-state index contributed by atoms with van der Waals surface area (Å²) in [6.45, 7) is 1.44. The van der Waals surface area contributed by atoms with Crippen molar-refractivity contribution in [3.63, 3.8) is 0 Å². The summed E-state index contributed by atoms with van der Waals surface area (Å²) in [6.07, 6.45) is 1.49. The highest BCUT2D eigenvalue weighted by molar-refractivity contribution is 7.71. The number of rotatable bonds is 3. The molecule has 0 fully saturated rings. The molecule has 80 valence electrons. The van der Waals surface area contributed by atoms with E-state index in [0.717, 1.165) is 6.54 Å². The molecule has 0 spiro atoms. The molecule has 15 heavy (non-hydrogen) atoms. The van der Waals surface area contributed by atoms with Crippen molar-refractivity contribution in [2.24, 2.45) is 0 Å². The van der Waals surface area contributed by atoms with Crippen LogP contribution in [0.15, 0.2) is 11.1 Å². The summed E-state index contributed by atoms with van der Waals surface area (Å²) in [4.78, 5) is 20.9. The second kappa shape index (κ2) is 3.95. The molecule has 7 heteroatoms. The number of hydrogen-bond donors (Lipinski definition) is 3. The fourth-order valence-corrected chi connectivity index (χ4v) is 1.68. The summed E-state index contributed by atoms with van der Waals surface area (Å²) in [5.41, 5.74) is 0.826. The standard InChI is InChI=1S/C8H11N5OS/c1-9-2-3-13-6-5(10-4-11-6)7(14)12-8(13)15/h4,9H,2-3H2,1H3,(H,10,11)(H,12,14,15). The van der Waals surface area contributed by atoms with Crippen LogP contribution < -0.4 is 10.9 Å². The summed E-state index contributed by atoms with van der Waals surface area (Å²) < 4.78 is 2.19. The van der Waals surface area contributed by atoms with E-state index < -0.39 is 0 Å². The van der Waals surface area contributed by atoms with E-state index in [1.165, 1.54) is 6.33 Å². The zero-order valence-corrected chi connectivity index (χ0v) is 9.02. The zero-order valence-electron chi connectivity index (χ0n) is 8.20. The second-order valence-corrected chi connectivity index (χ2v) is 3.50. The number of H-pyrrole nitrogens is 2. The summed E-state index contributed by atoms with van der Waals surface area (Å²) in [5, 5.41) is 3.02. The molecule has 2 rings (SSSR count). The van der Waals surface area contributed by atoms with Gasteiger partial charge in [-0.05, 0) is 19.3 Å². The Balaban J connectivity index is 2.66. The van der Waals surface area contributed by atoms with Gasteiger partial charge in [-0.15, -0.1) is 0 Å². The second-order valence-electron chi connectivity index (χ2n) is 3.12. The topological polar surface area (TPSA) is 78.5 Å². The number of fused-ring (bicyclic) bond motifs is 1. The number of likely N-dealkylation sites (N-methyl/N-ethyl adjacent to an activating group) is 1. The van der Waals surface area contributed by atoms with Crippen LogP contribution in [-0.4, -0.2) is 33.1 Å². The summed E-state index contributed by atoms with van der Waals surface area (Å²) in [5.74, 6) is 0. The van der Waals surface area contributed by atoms with Gasteiger partial charge >= 0.3 is 0 Å². The van der Waals surface area contributed by atoms with E-state index in [0.29, 0.717) is 22.5 Å². The first-order valence-electron chi connectivity index (χ1n) is 4.55. The average molecular weight is 225 g/mol. The van der Waals surface area contributed by atoms with Gasteiger partial charge in [-0.2, -0.15) is 0 Å². The van der Waals surface area contributed by atoms with Gasteiger partial charge in [-0.25, -0.2) is 4.98 Å². The van der Waals surface area contributed by atoms with E-state index in [2.05, 4.69) is 20.3 Å². The maximum atomic E-state index is 11.5. The summed E-state index contributed by atoms with van der Waals surface area (Å²) >= 11 is 5.07. The number of imidazole rings is 1. The van der Waals surface area contributed by atoms with E-state index in [1.54, 1.807) is 4.57 Å². The van der Waals surface area contributed by atoms with Crippen LogP contribution in [0.5, 0.6) is 0 Å². The molecule has 0 saturated heterocycles. The molecule has 0 atom stereocenters. The Bertz CT molecular complexity index is 580. The van der Waals surface area contributed by atoms with Gasteiger partial charge in [0.1, 0.15) is 5.52 Å². The lowest BCUT2D eigenvalue weighted by molar-refractivity contribution is 0.638. The Kier molecular flexibility index (Phi) is 2.65. The first-order valence-corrected chi connectivity index (χ1v) is 4.95. The van der Waals surface area contributed by atoms with Crippen molar-refractivity contribution in [3.05, 3.63) is 21.5 Å². The van der Waals surface area contributed by atoms with Gasteiger partial charge in [0, 0.05) is 13.1 Å². The maximum Gasteiger partial charge on any atom is 0.277 e. The Morgan fingerprint density at radius 1 is 1.67 bits per heavy atom. The molecule has 0 amide bonds. The van der Waals surface area contributed by atoms with Crippen LogP contribution in [0.4, 0.5) is 0 Å². The molecule has 2 aromatic heterocycles. The lowest BCUT2D eigenvalue weighted by atomic mass is 10.5. The molecular formula is C8H11N5OS. The monoisotopic (exact) mass is 225 g/mol. The van der Waals surface area contributed by atoms with Crippen LogP contribution in [0.25, 0.3) is 11.2 Å². The summed E-state index contributed by atoms with van der Waals surface area (Å²) in [6, 6.07) is 0. The predicted molar refractivity (Wildman–Crippen MR) is 59.5 cm³/mol. The highest BCUT2D eigenvalue weighted by atomic mass is 32.1. The Morgan fingerprint density at radius 3 is 3.20 bits per heavy atom. The Morgan fingerprint density at radius 2 is 2.47 bits per heavy atom. The number of hydrogen-bond acceptors (Lipinski definition) is 4. The Labute approximate surface area is 90.4 Å². The van der Waals surface area contributed by atoms with E-state index in [-0.39, 0.29) is 5.56 Å². The molecule has 0 aliphatic rings. The highest BCUT2D eigenvalue weighted by Gasteiger charge is 2.06. The minimum Gasteiger partial charge on any atom is -0.339 e. The van der Waals surface area contributed by atoms with Gasteiger partial charge in [0.25, 0.3) is 5.56 Å². The fourth-order valence-electron chi connectivity index (χ4n) is 1.41. The molecular weight excluding hydrogens is 214 g/mol. The maximum absolute atomic E-state index is 11.5. The summed E-state index contributed by atoms with van der Waals surface area (Å²) in [7, 11) is 1.86. The Hall–Kier alpha value is -1.47. The van der Waals surface area contributed by atoms with Gasteiger partial charge in [0.15, 0.2) is 10.4 Å². The van der Waals surface area contributed by atoms with Gasteiger partial charge in [0.05, 0.1) is 6.33 Å². The molecule has 0 unspecified atom stereocenters. The smallest absolute Gasteiger partial charge is 0.277 e. The molecule has 0 aromatic carbocycles. The number of nitrogens with one attached hydrogen (secondary N) is 3. The first-order chi connectivity index (χ1) is 7.24. The molecule has 0 bridgehead atoms. The van der Waals surface area contributed by atoms with Crippen LogP contribution >= 0.6 is 12.2 Å². The minimum absolute atomic E-state index is 0.229. The predicted octanol–water partition coefficient (Wildman–Crippen LogP) is 0.00159. The van der Waals surface area contributed by atoms with Crippen molar-refractivity contribution in [1.82, 2.24) is 24.8 Å². The van der Waals surface area contributed by atoms with E-state index in [1.807, 2.05) is 7.05 Å². The average Bonchev–Trinajstić information content (AvgIpc) is 2.66. The molecule has 6 nitrogen and oxygen atoms in total. The van der Waals surface area contributed by atoms with E-state index in [4.69, 9.17) is 12.2 Å². The van der Waals surface area contributed by atoms with E-state index in [9.17, 15) is 4.79 Å². The van der Waals surface area contributed by atoms with Crippen molar-refractivity contribution in [3.8, 4) is 0 Å². The third kappa shape index (κ3) is 1.71. The van der Waals surface area contributed by atoms with Crippen LogP contribution in [0.3, 0.4) is 0 Å². The van der Waals surface area contributed by atoms with Crippen LogP contribution in [0, 0.1) is 4.77 Å². The number of aromatic amines is 2. The van der Waals surface area contributed by atoms with Crippen molar-refractivity contribution in [2.75, 3.05) is 13.6 Å². The molecule has 2 heterocycles. The molecule has 0 radical (unpaired) electrons. The van der Waals surface area contributed by atoms with Crippen molar-refractivity contribution in [1.29, 1.82) is 0 Å². The first kappa shape index (κ1) is 10.1. The molecule has 0 aliphatic heterocycles. The SMILES string of the molecule is CNCCn1c(=S)[nH]c(=O)c2[nH]cnc21. The van der Waals surface area contributed by atoms with Crippen LogP contribution in [-0.2, 0) is 6.54 Å². The highest BCUT2D eigenvalue weighted by Crippen LogP contribution is 2.03. The van der Waals surface area contributed by atoms with Crippen molar-refractivity contribution < 1.29 is 0 Å². The van der Waals surface area contributed by atoms with E-state index >= 15 is 0 Å². The van der Waals surface area contributed by atoms with Crippen LogP contribution in [0.2, 0.25) is 0 Å². The number of nitrogens with zero attached hydrogens (tertiary/aromatic N) is 2. The van der Waals surface area contributed by atoms with Gasteiger partial charge in [-0.1, -0.05) is 0 Å². The largest absolute Gasteiger partial charge is 0.339 e. The van der Waals surface area contributed by atoms with Crippen molar-refractivity contribution in [2.45, 2.75) is 6.54 Å². The lowest BCUT2D eigenvalue weighted by Crippen LogP contribution is -2.20. The third-order valence-corrected chi connectivity index (χ3v) is 2.48. The van der Waals surface area contributed by atoms with Crippen LogP contribution in [0.1, 0.15) is 0 Å². The zero-order chi connectivity index (χ0) is 10.8. The van der Waals surface area contributed by atoms with Crippen molar-refractivity contribution >= 4 is 23.4 Å². The quantitative estimate of drug-likeness (QED) is 0.643. The van der Waals surface area contributed by atoms with Gasteiger partial charge in [-0.3, -0.25) is 14.3 Å².